The Morgan fingerprint density at radius 3 is 2.47 bits per heavy atom. The van der Waals surface area contributed by atoms with Crippen molar-refractivity contribution in [1.29, 1.82) is 0 Å². The number of sulfone groups is 1. The molecule has 7 nitrogen and oxygen atoms in total. The monoisotopic (exact) mass is 533 g/mol. The van der Waals surface area contributed by atoms with Gasteiger partial charge in [0.1, 0.15) is 16.3 Å². The van der Waals surface area contributed by atoms with E-state index in [1.54, 1.807) is 57.2 Å². The van der Waals surface area contributed by atoms with Crippen LogP contribution in [0.3, 0.4) is 0 Å². The number of para-hydroxylation sites is 1. The van der Waals surface area contributed by atoms with Gasteiger partial charge < -0.3 is 9.08 Å². The van der Waals surface area contributed by atoms with Gasteiger partial charge in [-0.2, -0.15) is 0 Å². The maximum Gasteiger partial charge on any atom is 0.203 e. The second-order valence-electron chi connectivity index (χ2n) is 9.34. The molecule has 0 spiro atoms. The fourth-order valence-corrected chi connectivity index (χ4v) is 5.08. The topological polar surface area (TPSA) is 108 Å². The van der Waals surface area contributed by atoms with Crippen LogP contribution in [0.2, 0.25) is 0 Å². The number of fused-ring (bicyclic) bond motifs is 1. The number of rotatable bonds is 7. The largest absolute Gasteiger partial charge is 0.598 e. The summed E-state index contributed by atoms with van der Waals surface area (Å²) in [7, 11) is -3.68. The van der Waals surface area contributed by atoms with Crippen LogP contribution in [-0.4, -0.2) is 34.1 Å². The van der Waals surface area contributed by atoms with Crippen LogP contribution in [0.1, 0.15) is 38.1 Å². The number of pyridine rings is 1. The fourth-order valence-electron chi connectivity index (χ4n) is 3.67. The van der Waals surface area contributed by atoms with Gasteiger partial charge in [-0.25, -0.2) is 22.2 Å². The predicted octanol–water partition coefficient (Wildman–Crippen LogP) is 4.91. The molecular weight excluding hydrogens is 508 g/mol. The number of nitrogens with zero attached hydrogens (tertiary/aromatic N) is 2. The Labute approximate surface area is 211 Å². The minimum absolute atomic E-state index is 0.00125. The lowest BCUT2D eigenvalue weighted by Gasteiger charge is -2.29. The van der Waals surface area contributed by atoms with Crippen molar-refractivity contribution in [3.8, 4) is 11.3 Å². The van der Waals surface area contributed by atoms with Gasteiger partial charge in [-0.15, -0.1) is 4.72 Å². The summed E-state index contributed by atoms with van der Waals surface area (Å²) in [5, 5.41) is 4.26. The summed E-state index contributed by atoms with van der Waals surface area (Å²) < 4.78 is 73.9. The fraction of sp³-hybridized carbons (Fsp3) is 0.280. The summed E-state index contributed by atoms with van der Waals surface area (Å²) in [4.78, 5) is 4.05. The van der Waals surface area contributed by atoms with E-state index in [2.05, 4.69) is 14.9 Å². The van der Waals surface area contributed by atoms with E-state index in [1.807, 2.05) is 0 Å². The summed E-state index contributed by atoms with van der Waals surface area (Å²) in [6.07, 6.45) is 0.879. The molecule has 36 heavy (non-hydrogen) atoms. The third-order valence-electron chi connectivity index (χ3n) is 5.52. The first kappa shape index (κ1) is 26.2. The Morgan fingerprint density at radius 1 is 1.06 bits per heavy atom. The third kappa shape index (κ3) is 5.44. The number of hydrogen-bond acceptors (Lipinski definition) is 7. The molecule has 0 aliphatic heterocycles. The van der Waals surface area contributed by atoms with Crippen LogP contribution >= 0.6 is 0 Å². The van der Waals surface area contributed by atoms with Crippen molar-refractivity contribution >= 4 is 32.2 Å². The Balaban J connectivity index is 1.85. The van der Waals surface area contributed by atoms with Gasteiger partial charge in [0.05, 0.1) is 17.1 Å². The van der Waals surface area contributed by atoms with Crippen molar-refractivity contribution < 1.29 is 26.3 Å². The van der Waals surface area contributed by atoms with E-state index in [-0.39, 0.29) is 22.7 Å². The molecular formula is C25H25F2N3O4S2. The van der Waals surface area contributed by atoms with E-state index in [0.717, 1.165) is 18.4 Å². The van der Waals surface area contributed by atoms with Crippen LogP contribution < -0.4 is 4.72 Å². The maximum atomic E-state index is 14.8. The number of aromatic nitrogens is 2. The van der Waals surface area contributed by atoms with Gasteiger partial charge in [0.15, 0.2) is 20.7 Å². The lowest BCUT2D eigenvalue weighted by atomic mass is 9.94. The highest BCUT2D eigenvalue weighted by Gasteiger charge is 2.32. The SMILES string of the molecule is CC(C)(C)[S+]([O-])NC(Cc1nc(S(C)(=O)=O)ccc1F)c1ccccc1-c1noc2c(F)cccc12. The molecule has 0 radical (unpaired) electrons. The van der Waals surface area contributed by atoms with Crippen LogP contribution in [0, 0.1) is 11.6 Å². The number of nitrogens with one attached hydrogen (secondary N) is 1. The molecule has 2 heterocycles. The zero-order valence-electron chi connectivity index (χ0n) is 20.1. The summed E-state index contributed by atoms with van der Waals surface area (Å²) in [5.41, 5.74) is 1.41. The minimum Gasteiger partial charge on any atom is -0.598 e. The molecule has 4 aromatic rings. The van der Waals surface area contributed by atoms with E-state index in [9.17, 15) is 21.8 Å². The molecule has 0 fully saturated rings. The molecule has 2 aromatic carbocycles. The highest BCUT2D eigenvalue weighted by Crippen LogP contribution is 2.36. The number of halogens is 2. The standard InChI is InChI=1S/C25H25F2N3O4S2/c1-25(2,3)35(31)30-20(14-21-18(26)12-13-22(28-21)36(4,32)33)15-8-5-6-9-16(15)23-17-10-7-11-19(27)24(17)34-29-23/h5-13,20,30H,14H2,1-4H3. The second kappa shape index (κ2) is 9.89. The van der Waals surface area contributed by atoms with Crippen molar-refractivity contribution in [1.82, 2.24) is 14.9 Å². The van der Waals surface area contributed by atoms with Gasteiger partial charge >= 0.3 is 0 Å². The van der Waals surface area contributed by atoms with Gasteiger partial charge in [0, 0.05) is 29.6 Å². The van der Waals surface area contributed by atoms with Crippen LogP contribution in [0.4, 0.5) is 8.78 Å². The Bertz CT molecular complexity index is 1520. The Morgan fingerprint density at radius 2 is 1.78 bits per heavy atom. The molecule has 0 saturated carbocycles. The van der Waals surface area contributed by atoms with Crippen molar-refractivity contribution in [2.24, 2.45) is 0 Å². The molecule has 2 unspecified atom stereocenters. The molecule has 0 amide bonds. The highest BCUT2D eigenvalue weighted by molar-refractivity contribution is 7.91. The quantitative estimate of drug-likeness (QED) is 0.336. The molecule has 0 bridgehead atoms. The van der Waals surface area contributed by atoms with Gasteiger partial charge in [0.2, 0.25) is 5.58 Å². The molecule has 0 saturated heterocycles. The lowest BCUT2D eigenvalue weighted by Crippen LogP contribution is -2.42. The van der Waals surface area contributed by atoms with Gasteiger partial charge in [-0.1, -0.05) is 35.5 Å². The molecule has 4 rings (SSSR count). The number of hydrogen-bond donors (Lipinski definition) is 1. The van der Waals surface area contributed by atoms with Crippen LogP contribution in [-0.2, 0) is 27.6 Å². The summed E-state index contributed by atoms with van der Waals surface area (Å²) in [5.74, 6) is -1.25. The van der Waals surface area contributed by atoms with Crippen molar-refractivity contribution in [2.45, 2.75) is 43.0 Å². The van der Waals surface area contributed by atoms with Gasteiger partial charge in [-0.05, 0) is 50.6 Å². The van der Waals surface area contributed by atoms with E-state index in [4.69, 9.17) is 4.52 Å². The summed E-state index contributed by atoms with van der Waals surface area (Å²) in [6.45, 7) is 5.36. The zero-order valence-corrected chi connectivity index (χ0v) is 21.7. The molecule has 2 atom stereocenters. The highest BCUT2D eigenvalue weighted by atomic mass is 32.2. The van der Waals surface area contributed by atoms with Gasteiger partial charge in [-0.3, -0.25) is 0 Å². The van der Waals surface area contributed by atoms with Crippen molar-refractivity contribution in [3.63, 3.8) is 0 Å². The third-order valence-corrected chi connectivity index (χ3v) is 8.12. The average molecular weight is 534 g/mol. The van der Waals surface area contributed by atoms with E-state index in [1.165, 1.54) is 6.07 Å². The minimum atomic E-state index is -3.68. The molecule has 1 N–H and O–H groups in total. The lowest BCUT2D eigenvalue weighted by molar-refractivity contribution is 0.443. The molecule has 11 heteroatoms. The molecule has 190 valence electrons. The van der Waals surface area contributed by atoms with Crippen LogP contribution in [0.25, 0.3) is 22.2 Å². The Kier molecular flexibility index (Phi) is 7.20. The maximum absolute atomic E-state index is 14.8. The summed E-state index contributed by atoms with van der Waals surface area (Å²) in [6, 6.07) is 12.9. The molecule has 0 aliphatic carbocycles. The first-order chi connectivity index (χ1) is 16.9. The van der Waals surface area contributed by atoms with E-state index >= 15 is 0 Å². The molecule has 2 aromatic heterocycles. The van der Waals surface area contributed by atoms with Crippen molar-refractivity contribution in [2.75, 3.05) is 6.26 Å². The van der Waals surface area contributed by atoms with E-state index < -0.39 is 43.6 Å². The second-order valence-corrected chi connectivity index (χ2v) is 13.3. The first-order valence-corrected chi connectivity index (χ1v) is 14.1. The van der Waals surface area contributed by atoms with E-state index in [0.29, 0.717) is 22.2 Å². The van der Waals surface area contributed by atoms with Crippen LogP contribution in [0.5, 0.6) is 0 Å². The normalized spacial score (nSPS) is 14.2. The van der Waals surface area contributed by atoms with Crippen molar-refractivity contribution in [3.05, 3.63) is 77.5 Å². The zero-order chi connectivity index (χ0) is 26.3. The first-order valence-electron chi connectivity index (χ1n) is 11.0. The molecule has 0 aliphatic rings. The summed E-state index contributed by atoms with van der Waals surface area (Å²) >= 11 is -1.58. The predicted molar refractivity (Wildman–Crippen MR) is 134 cm³/mol. The Hall–Kier alpha value is -2.86. The van der Waals surface area contributed by atoms with Gasteiger partial charge in [0.25, 0.3) is 0 Å². The number of benzene rings is 2. The average Bonchev–Trinajstić information content (AvgIpc) is 3.24. The smallest absolute Gasteiger partial charge is 0.203 e. The van der Waals surface area contributed by atoms with Crippen LogP contribution in [0.15, 0.2) is 64.1 Å².